The zero-order valence-electron chi connectivity index (χ0n) is 8.97. The van der Waals surface area contributed by atoms with Crippen molar-refractivity contribution in [2.45, 2.75) is 19.3 Å². The highest BCUT2D eigenvalue weighted by Crippen LogP contribution is 2.19. The number of nitrogens with zero attached hydrogens (tertiary/aromatic N) is 2. The van der Waals surface area contributed by atoms with E-state index in [2.05, 4.69) is 10.3 Å². The molecule has 2 heterocycles. The van der Waals surface area contributed by atoms with Crippen LogP contribution in [0.15, 0.2) is 11.6 Å². The Morgan fingerprint density at radius 2 is 2.44 bits per heavy atom. The molecule has 6 heteroatoms. The molecule has 0 aromatic carbocycles. The average molecular weight is 239 g/mol. The Morgan fingerprint density at radius 1 is 1.62 bits per heavy atom. The summed E-state index contributed by atoms with van der Waals surface area (Å²) in [6.07, 6.45) is 2.15. The van der Waals surface area contributed by atoms with Crippen molar-refractivity contribution in [1.82, 2.24) is 15.2 Å². The van der Waals surface area contributed by atoms with Gasteiger partial charge in [-0.2, -0.15) is 0 Å². The predicted octanol–water partition coefficient (Wildman–Crippen LogP) is 1.19. The smallest absolute Gasteiger partial charge is 0.323 e. The second kappa shape index (κ2) is 4.61. The van der Waals surface area contributed by atoms with Crippen LogP contribution in [0.25, 0.3) is 0 Å². The Bertz CT molecular complexity index is 391. The highest BCUT2D eigenvalue weighted by molar-refractivity contribution is 7.09. The number of carbonyl (C=O) groups excluding carboxylic acids is 2. The van der Waals surface area contributed by atoms with E-state index in [1.165, 1.54) is 0 Å². The molecular formula is C10H13N3O2S. The van der Waals surface area contributed by atoms with Crippen molar-refractivity contribution >= 4 is 23.3 Å². The molecule has 0 aliphatic carbocycles. The van der Waals surface area contributed by atoms with Gasteiger partial charge >= 0.3 is 6.03 Å². The van der Waals surface area contributed by atoms with Gasteiger partial charge in [0, 0.05) is 37.0 Å². The second-order valence-electron chi connectivity index (χ2n) is 3.82. The molecule has 1 fully saturated rings. The first-order valence-corrected chi connectivity index (χ1v) is 6.03. The van der Waals surface area contributed by atoms with Gasteiger partial charge in [0.05, 0.1) is 5.01 Å². The molecule has 1 aromatic rings. The summed E-state index contributed by atoms with van der Waals surface area (Å²) in [6.45, 7) is 3.13. The van der Waals surface area contributed by atoms with Gasteiger partial charge in [-0.05, 0) is 0 Å². The summed E-state index contributed by atoms with van der Waals surface area (Å²) in [7, 11) is 0. The van der Waals surface area contributed by atoms with Gasteiger partial charge in [-0.1, -0.05) is 6.92 Å². The molecule has 1 aliphatic heterocycles. The standard InChI is InChI=1S/C10H13N3O2S/c1-7(9-11-3-5-16-9)6-13-4-2-8(14)12-10(13)15/h3,5,7H,2,4,6H2,1H3,(H,12,14,15). The van der Waals surface area contributed by atoms with Gasteiger partial charge in [0.15, 0.2) is 0 Å². The van der Waals surface area contributed by atoms with E-state index in [0.29, 0.717) is 19.5 Å². The maximum Gasteiger partial charge on any atom is 0.324 e. The van der Waals surface area contributed by atoms with Gasteiger partial charge in [0.1, 0.15) is 0 Å². The minimum Gasteiger partial charge on any atom is -0.323 e. The molecule has 16 heavy (non-hydrogen) atoms. The lowest BCUT2D eigenvalue weighted by atomic mass is 10.1. The normalized spacial score (nSPS) is 18.4. The van der Waals surface area contributed by atoms with Crippen molar-refractivity contribution in [2.24, 2.45) is 0 Å². The maximum atomic E-state index is 11.5. The molecule has 2 rings (SSSR count). The van der Waals surface area contributed by atoms with Gasteiger partial charge in [-0.3, -0.25) is 10.1 Å². The Labute approximate surface area is 97.5 Å². The minimum absolute atomic E-state index is 0.192. The summed E-state index contributed by atoms with van der Waals surface area (Å²) in [4.78, 5) is 28.3. The number of thiazole rings is 1. The van der Waals surface area contributed by atoms with Crippen molar-refractivity contribution < 1.29 is 9.59 Å². The number of carbonyl (C=O) groups is 2. The molecule has 3 amide bonds. The Balaban J connectivity index is 1.95. The summed E-state index contributed by atoms with van der Waals surface area (Å²) in [5.41, 5.74) is 0. The van der Waals surface area contributed by atoms with Gasteiger partial charge in [-0.25, -0.2) is 9.78 Å². The van der Waals surface area contributed by atoms with E-state index in [1.807, 2.05) is 12.3 Å². The number of hydrogen-bond donors (Lipinski definition) is 1. The molecule has 1 saturated heterocycles. The second-order valence-corrected chi connectivity index (χ2v) is 4.75. The van der Waals surface area contributed by atoms with Crippen LogP contribution in [-0.2, 0) is 4.79 Å². The zero-order chi connectivity index (χ0) is 11.5. The van der Waals surface area contributed by atoms with E-state index >= 15 is 0 Å². The summed E-state index contributed by atoms with van der Waals surface area (Å²) in [6, 6.07) is -0.292. The van der Waals surface area contributed by atoms with Crippen molar-refractivity contribution in [3.05, 3.63) is 16.6 Å². The highest BCUT2D eigenvalue weighted by atomic mass is 32.1. The van der Waals surface area contributed by atoms with Crippen LogP contribution < -0.4 is 5.32 Å². The first-order chi connectivity index (χ1) is 7.66. The van der Waals surface area contributed by atoms with E-state index in [1.54, 1.807) is 22.4 Å². The molecule has 1 N–H and O–H groups in total. The summed E-state index contributed by atoms with van der Waals surface area (Å²) < 4.78 is 0. The van der Waals surface area contributed by atoms with Gasteiger partial charge in [-0.15, -0.1) is 11.3 Å². The van der Waals surface area contributed by atoms with Crippen LogP contribution in [0.5, 0.6) is 0 Å². The summed E-state index contributed by atoms with van der Waals surface area (Å²) in [5.74, 6) is 0.0158. The number of rotatable bonds is 3. The Hall–Kier alpha value is -1.43. The van der Waals surface area contributed by atoms with E-state index in [0.717, 1.165) is 5.01 Å². The molecule has 1 aromatic heterocycles. The van der Waals surface area contributed by atoms with Crippen LogP contribution in [0, 0.1) is 0 Å². The molecule has 86 valence electrons. The van der Waals surface area contributed by atoms with Crippen LogP contribution in [0.2, 0.25) is 0 Å². The van der Waals surface area contributed by atoms with Crippen molar-refractivity contribution in [1.29, 1.82) is 0 Å². The molecule has 0 radical (unpaired) electrons. The van der Waals surface area contributed by atoms with Crippen LogP contribution in [0.4, 0.5) is 4.79 Å². The number of urea groups is 1. The number of aromatic nitrogens is 1. The van der Waals surface area contributed by atoms with E-state index in [9.17, 15) is 9.59 Å². The largest absolute Gasteiger partial charge is 0.324 e. The number of imide groups is 1. The molecule has 0 saturated carbocycles. The van der Waals surface area contributed by atoms with Gasteiger partial charge < -0.3 is 4.90 Å². The fourth-order valence-electron chi connectivity index (χ4n) is 1.66. The Kier molecular flexibility index (Phi) is 3.19. The van der Waals surface area contributed by atoms with Crippen LogP contribution >= 0.6 is 11.3 Å². The first kappa shape index (κ1) is 11.1. The number of nitrogens with one attached hydrogen (secondary N) is 1. The SMILES string of the molecule is CC(CN1CCC(=O)NC1=O)c1nccs1. The van der Waals surface area contributed by atoms with Gasteiger partial charge in [0.25, 0.3) is 0 Å². The van der Waals surface area contributed by atoms with Crippen LogP contribution in [0.3, 0.4) is 0 Å². The maximum absolute atomic E-state index is 11.5. The first-order valence-electron chi connectivity index (χ1n) is 5.15. The van der Waals surface area contributed by atoms with Crippen LogP contribution in [-0.4, -0.2) is 34.9 Å². The lowest BCUT2D eigenvalue weighted by Gasteiger charge is -2.28. The number of amides is 3. The molecule has 1 atom stereocenters. The monoisotopic (exact) mass is 239 g/mol. The zero-order valence-corrected chi connectivity index (χ0v) is 9.79. The average Bonchev–Trinajstić information content (AvgIpc) is 2.75. The number of hydrogen-bond acceptors (Lipinski definition) is 4. The summed E-state index contributed by atoms with van der Waals surface area (Å²) in [5, 5.41) is 5.25. The summed E-state index contributed by atoms with van der Waals surface area (Å²) >= 11 is 1.58. The third-order valence-electron chi connectivity index (χ3n) is 2.51. The molecule has 0 spiro atoms. The quantitative estimate of drug-likeness (QED) is 0.861. The van der Waals surface area contributed by atoms with E-state index in [4.69, 9.17) is 0 Å². The third-order valence-corrected chi connectivity index (χ3v) is 3.52. The van der Waals surface area contributed by atoms with Crippen molar-refractivity contribution in [3.8, 4) is 0 Å². The molecule has 0 bridgehead atoms. The molecule has 1 aliphatic rings. The van der Waals surface area contributed by atoms with Crippen LogP contribution in [0.1, 0.15) is 24.3 Å². The topological polar surface area (TPSA) is 62.3 Å². The van der Waals surface area contributed by atoms with E-state index < -0.39 is 0 Å². The lowest BCUT2D eigenvalue weighted by Crippen LogP contribution is -2.50. The van der Waals surface area contributed by atoms with Gasteiger partial charge in [0.2, 0.25) is 5.91 Å². The third kappa shape index (κ3) is 2.38. The Morgan fingerprint density at radius 3 is 3.06 bits per heavy atom. The lowest BCUT2D eigenvalue weighted by molar-refractivity contribution is -0.121. The fraction of sp³-hybridized carbons (Fsp3) is 0.500. The van der Waals surface area contributed by atoms with Crippen molar-refractivity contribution in [3.63, 3.8) is 0 Å². The molecule has 1 unspecified atom stereocenters. The minimum atomic E-state index is -0.292. The van der Waals surface area contributed by atoms with E-state index in [-0.39, 0.29) is 17.9 Å². The fourth-order valence-corrected chi connectivity index (χ4v) is 2.35. The molecule has 5 nitrogen and oxygen atoms in total. The molecular weight excluding hydrogens is 226 g/mol. The van der Waals surface area contributed by atoms with Crippen molar-refractivity contribution in [2.75, 3.05) is 13.1 Å². The predicted molar refractivity (Wildman–Crippen MR) is 60.3 cm³/mol. The highest BCUT2D eigenvalue weighted by Gasteiger charge is 2.24.